The van der Waals surface area contributed by atoms with E-state index in [1.807, 2.05) is 0 Å². The van der Waals surface area contributed by atoms with Crippen LogP contribution in [0.5, 0.6) is 0 Å². The van der Waals surface area contributed by atoms with E-state index in [0.717, 1.165) is 17.6 Å². The van der Waals surface area contributed by atoms with Gasteiger partial charge in [0.15, 0.2) is 0 Å². The zero-order valence-electron chi connectivity index (χ0n) is 14.1. The number of rotatable bonds is 4. The number of imidazole rings is 1. The summed E-state index contributed by atoms with van der Waals surface area (Å²) >= 11 is 0. The minimum absolute atomic E-state index is 0.692. The lowest BCUT2D eigenvalue weighted by atomic mass is 10.0. The number of fused-ring (bicyclic) bond motifs is 1. The molecule has 24 heavy (non-hydrogen) atoms. The van der Waals surface area contributed by atoms with Crippen molar-refractivity contribution in [1.29, 1.82) is 0 Å². The average Bonchev–Trinajstić information content (AvgIpc) is 2.94. The minimum atomic E-state index is 0.692. The van der Waals surface area contributed by atoms with Gasteiger partial charge in [-0.3, -0.25) is 0 Å². The van der Waals surface area contributed by atoms with Crippen LogP contribution in [0.2, 0.25) is 0 Å². The fourth-order valence-corrected chi connectivity index (χ4v) is 3.72. The molecule has 1 aliphatic carbocycles. The van der Waals surface area contributed by atoms with E-state index in [4.69, 9.17) is 0 Å². The van der Waals surface area contributed by atoms with Gasteiger partial charge < -0.3 is 10.3 Å². The molecule has 1 fully saturated rings. The van der Waals surface area contributed by atoms with E-state index in [0.29, 0.717) is 6.04 Å². The summed E-state index contributed by atoms with van der Waals surface area (Å²) in [6, 6.07) is 16.0. The molecule has 124 valence electrons. The molecule has 0 amide bonds. The van der Waals surface area contributed by atoms with Gasteiger partial charge in [-0.1, -0.05) is 49.9 Å². The topological polar surface area (TPSA) is 40.7 Å². The highest BCUT2D eigenvalue weighted by atomic mass is 14.9. The lowest BCUT2D eigenvalue weighted by Crippen LogP contribution is -2.27. The highest BCUT2D eigenvalue weighted by Gasteiger charge is 2.11. The molecule has 0 spiro atoms. The molecule has 2 aromatic carbocycles. The number of hydrogen-bond acceptors (Lipinski definition) is 2. The van der Waals surface area contributed by atoms with E-state index in [9.17, 15) is 0 Å². The molecular weight excluding hydrogens is 294 g/mol. The maximum atomic E-state index is 4.29. The molecule has 2 N–H and O–H groups in total. The minimum Gasteiger partial charge on any atom is -0.345 e. The molecule has 0 saturated heterocycles. The first-order chi connectivity index (χ1) is 11.9. The number of aromatic amines is 1. The number of nitrogens with zero attached hydrogens (tertiary/aromatic N) is 1. The Morgan fingerprint density at radius 3 is 2.67 bits per heavy atom. The standard InChI is InChI=1S/C21H25N3/c1-2-4-9-19(8-3-1)22-14-16-6-5-7-17(12-16)18-10-11-20-21(13-18)24-15-23-20/h5-7,10-13,15,19,22H,1-4,8-9,14H2,(H,23,24). The predicted octanol–water partition coefficient (Wildman–Crippen LogP) is 5.04. The van der Waals surface area contributed by atoms with Gasteiger partial charge in [0.05, 0.1) is 17.4 Å². The molecule has 1 saturated carbocycles. The lowest BCUT2D eigenvalue weighted by molar-refractivity contribution is 0.459. The van der Waals surface area contributed by atoms with E-state index >= 15 is 0 Å². The normalized spacial score (nSPS) is 16.3. The Hall–Kier alpha value is -2.13. The summed E-state index contributed by atoms with van der Waals surface area (Å²) in [5.74, 6) is 0. The molecule has 0 bridgehead atoms. The summed E-state index contributed by atoms with van der Waals surface area (Å²) in [5, 5.41) is 3.77. The monoisotopic (exact) mass is 319 g/mol. The van der Waals surface area contributed by atoms with Crippen LogP contribution in [0.4, 0.5) is 0 Å². The van der Waals surface area contributed by atoms with Crippen molar-refractivity contribution in [2.24, 2.45) is 0 Å². The van der Waals surface area contributed by atoms with Gasteiger partial charge in [0.1, 0.15) is 0 Å². The van der Waals surface area contributed by atoms with Gasteiger partial charge in [-0.15, -0.1) is 0 Å². The van der Waals surface area contributed by atoms with Gasteiger partial charge in [0.25, 0.3) is 0 Å². The number of H-pyrrole nitrogens is 1. The molecule has 1 heterocycles. The predicted molar refractivity (Wildman–Crippen MR) is 99.9 cm³/mol. The number of nitrogens with one attached hydrogen (secondary N) is 2. The lowest BCUT2D eigenvalue weighted by Gasteiger charge is -2.16. The van der Waals surface area contributed by atoms with E-state index in [-0.39, 0.29) is 0 Å². The second-order valence-electron chi connectivity index (χ2n) is 6.90. The first-order valence-corrected chi connectivity index (χ1v) is 9.14. The third-order valence-corrected chi connectivity index (χ3v) is 5.13. The summed E-state index contributed by atoms with van der Waals surface area (Å²) in [4.78, 5) is 7.49. The fourth-order valence-electron chi connectivity index (χ4n) is 3.72. The van der Waals surface area contributed by atoms with Crippen molar-refractivity contribution in [1.82, 2.24) is 15.3 Å². The zero-order chi connectivity index (χ0) is 16.2. The summed E-state index contributed by atoms with van der Waals surface area (Å²) in [6.07, 6.45) is 9.98. The number of hydrogen-bond donors (Lipinski definition) is 2. The van der Waals surface area contributed by atoms with Crippen molar-refractivity contribution >= 4 is 11.0 Å². The Bertz CT molecular complexity index is 797. The van der Waals surface area contributed by atoms with Crippen LogP contribution in [0.15, 0.2) is 48.8 Å². The van der Waals surface area contributed by atoms with Gasteiger partial charge >= 0.3 is 0 Å². The summed E-state index contributed by atoms with van der Waals surface area (Å²) in [6.45, 7) is 0.963. The van der Waals surface area contributed by atoms with Crippen molar-refractivity contribution in [3.05, 3.63) is 54.4 Å². The largest absolute Gasteiger partial charge is 0.345 e. The molecule has 3 nitrogen and oxygen atoms in total. The van der Waals surface area contributed by atoms with Crippen LogP contribution in [0, 0.1) is 0 Å². The Balaban J connectivity index is 1.48. The third-order valence-electron chi connectivity index (χ3n) is 5.13. The Labute approximate surface area is 143 Å². The van der Waals surface area contributed by atoms with Crippen LogP contribution in [-0.4, -0.2) is 16.0 Å². The van der Waals surface area contributed by atoms with E-state index in [1.54, 1.807) is 6.33 Å². The summed E-state index contributed by atoms with van der Waals surface area (Å²) < 4.78 is 0. The summed E-state index contributed by atoms with van der Waals surface area (Å²) in [7, 11) is 0. The second-order valence-corrected chi connectivity index (χ2v) is 6.90. The van der Waals surface area contributed by atoms with Crippen LogP contribution >= 0.6 is 0 Å². The van der Waals surface area contributed by atoms with Crippen molar-refractivity contribution in [2.75, 3.05) is 0 Å². The Morgan fingerprint density at radius 2 is 1.79 bits per heavy atom. The van der Waals surface area contributed by atoms with Crippen molar-refractivity contribution < 1.29 is 0 Å². The second kappa shape index (κ2) is 7.18. The highest BCUT2D eigenvalue weighted by Crippen LogP contribution is 2.24. The van der Waals surface area contributed by atoms with Crippen LogP contribution in [0.25, 0.3) is 22.2 Å². The van der Waals surface area contributed by atoms with Gasteiger partial charge in [0.2, 0.25) is 0 Å². The average molecular weight is 319 g/mol. The SMILES string of the molecule is c1cc(CNC2CCCCCC2)cc(-c2ccc3nc[nH]c3c2)c1. The quantitative estimate of drug-likeness (QED) is 0.661. The third kappa shape index (κ3) is 3.51. The van der Waals surface area contributed by atoms with Crippen LogP contribution in [0.1, 0.15) is 44.1 Å². The Kier molecular flexibility index (Phi) is 4.61. The first kappa shape index (κ1) is 15.4. The molecule has 0 aliphatic heterocycles. The molecule has 1 aromatic heterocycles. The maximum Gasteiger partial charge on any atom is 0.0931 e. The fraction of sp³-hybridized carbons (Fsp3) is 0.381. The molecule has 3 aromatic rings. The Morgan fingerprint density at radius 1 is 0.958 bits per heavy atom. The van der Waals surface area contributed by atoms with E-state index < -0.39 is 0 Å². The molecule has 0 unspecified atom stereocenters. The number of benzene rings is 2. The highest BCUT2D eigenvalue weighted by molar-refractivity contribution is 5.81. The van der Waals surface area contributed by atoms with Gasteiger partial charge in [-0.05, 0) is 47.7 Å². The van der Waals surface area contributed by atoms with E-state index in [1.165, 1.54) is 55.2 Å². The molecule has 0 radical (unpaired) electrons. The zero-order valence-corrected chi connectivity index (χ0v) is 14.1. The van der Waals surface area contributed by atoms with Gasteiger partial charge in [0, 0.05) is 12.6 Å². The molecule has 1 aliphatic rings. The molecule has 3 heteroatoms. The molecule has 4 rings (SSSR count). The summed E-state index contributed by atoms with van der Waals surface area (Å²) in [5.41, 5.74) is 5.98. The smallest absolute Gasteiger partial charge is 0.0931 e. The van der Waals surface area contributed by atoms with Crippen LogP contribution < -0.4 is 5.32 Å². The van der Waals surface area contributed by atoms with Crippen molar-refractivity contribution in [2.45, 2.75) is 51.1 Å². The number of aromatic nitrogens is 2. The van der Waals surface area contributed by atoms with Crippen molar-refractivity contribution in [3.63, 3.8) is 0 Å². The van der Waals surface area contributed by atoms with Gasteiger partial charge in [-0.2, -0.15) is 0 Å². The maximum absolute atomic E-state index is 4.29. The van der Waals surface area contributed by atoms with Crippen molar-refractivity contribution in [3.8, 4) is 11.1 Å². The molecule has 0 atom stereocenters. The van der Waals surface area contributed by atoms with Crippen LogP contribution in [-0.2, 0) is 6.54 Å². The van der Waals surface area contributed by atoms with Crippen LogP contribution in [0.3, 0.4) is 0 Å². The molecular formula is C21H25N3. The van der Waals surface area contributed by atoms with E-state index in [2.05, 4.69) is 57.7 Å². The first-order valence-electron chi connectivity index (χ1n) is 9.14. The van der Waals surface area contributed by atoms with Gasteiger partial charge in [-0.25, -0.2) is 4.98 Å².